The maximum atomic E-state index is 12.5. The summed E-state index contributed by atoms with van der Waals surface area (Å²) in [6.07, 6.45) is 8.26. The molecule has 114 valence electrons. The largest absolute Gasteiger partial charge is 0.132 e. The third-order valence-corrected chi connectivity index (χ3v) is 5.13. The number of terminal acetylenes is 1. The highest BCUT2D eigenvalue weighted by Gasteiger charge is 2.51. The Morgan fingerprint density at radius 1 is 0.762 bits per heavy atom. The first kappa shape index (κ1) is 16.3. The average Bonchev–Trinajstić information content (AvgIpc) is 2.80. The molecule has 2 rings (SSSR count). The SMILES string of the molecule is C#CC1(C)CCC(C)(C#CC2(C)CCC(C)(C)N2[O])N1[O]. The second-order valence-electron chi connectivity index (χ2n) is 7.62. The third-order valence-electron chi connectivity index (χ3n) is 5.13. The summed E-state index contributed by atoms with van der Waals surface area (Å²) in [4.78, 5) is 0. The van der Waals surface area contributed by atoms with Crippen molar-refractivity contribution >= 4 is 0 Å². The summed E-state index contributed by atoms with van der Waals surface area (Å²) in [5.41, 5.74) is -2.72. The van der Waals surface area contributed by atoms with Gasteiger partial charge in [0.2, 0.25) is 0 Å². The fraction of sp³-hybridized carbons (Fsp3) is 0.765. The van der Waals surface area contributed by atoms with Gasteiger partial charge in [0.15, 0.2) is 0 Å². The van der Waals surface area contributed by atoms with Crippen molar-refractivity contribution in [1.29, 1.82) is 0 Å². The van der Waals surface area contributed by atoms with Crippen LogP contribution in [0, 0.1) is 24.2 Å². The summed E-state index contributed by atoms with van der Waals surface area (Å²) < 4.78 is 0. The summed E-state index contributed by atoms with van der Waals surface area (Å²) in [6, 6.07) is 0. The van der Waals surface area contributed by atoms with Gasteiger partial charge in [0, 0.05) is 5.54 Å². The monoisotopic (exact) mass is 288 g/mol. The molecule has 0 N–H and O–H groups in total. The molecule has 2 saturated heterocycles. The molecule has 3 atom stereocenters. The van der Waals surface area contributed by atoms with Crippen LogP contribution in [-0.4, -0.2) is 32.3 Å². The van der Waals surface area contributed by atoms with Gasteiger partial charge in [0.05, 0.1) is 0 Å². The van der Waals surface area contributed by atoms with E-state index in [0.29, 0.717) is 12.8 Å². The van der Waals surface area contributed by atoms with Crippen molar-refractivity contribution in [3.63, 3.8) is 0 Å². The molecular formula is C17H24N2O2. The molecule has 2 heterocycles. The first-order chi connectivity index (χ1) is 9.49. The smallest absolute Gasteiger partial charge is 0.109 e. The van der Waals surface area contributed by atoms with E-state index < -0.39 is 22.2 Å². The number of hydroxylamine groups is 4. The highest BCUT2D eigenvalue weighted by atomic mass is 16.5. The van der Waals surface area contributed by atoms with Gasteiger partial charge in [-0.3, -0.25) is 0 Å². The summed E-state index contributed by atoms with van der Waals surface area (Å²) in [7, 11) is 0. The van der Waals surface area contributed by atoms with Crippen LogP contribution in [0.4, 0.5) is 0 Å². The molecule has 4 nitrogen and oxygen atoms in total. The third kappa shape index (κ3) is 2.47. The molecule has 3 unspecified atom stereocenters. The summed E-state index contributed by atoms with van der Waals surface area (Å²) in [5.74, 6) is 8.74. The predicted molar refractivity (Wildman–Crippen MR) is 79.4 cm³/mol. The zero-order valence-corrected chi connectivity index (χ0v) is 13.6. The quantitative estimate of drug-likeness (QED) is 0.643. The van der Waals surface area contributed by atoms with Crippen molar-refractivity contribution in [3.05, 3.63) is 0 Å². The molecule has 21 heavy (non-hydrogen) atoms. The highest BCUT2D eigenvalue weighted by Crippen LogP contribution is 2.41. The van der Waals surface area contributed by atoms with E-state index in [9.17, 15) is 10.4 Å². The van der Waals surface area contributed by atoms with Gasteiger partial charge in [-0.1, -0.05) is 17.8 Å². The van der Waals surface area contributed by atoms with Gasteiger partial charge in [-0.2, -0.15) is 0 Å². The summed E-state index contributed by atoms with van der Waals surface area (Å²) in [5, 5.41) is 26.9. The Balaban J connectivity index is 2.27. The Kier molecular flexibility index (Phi) is 3.68. The van der Waals surface area contributed by atoms with Crippen molar-refractivity contribution in [2.45, 2.75) is 82.5 Å². The van der Waals surface area contributed by atoms with Crippen LogP contribution < -0.4 is 0 Å². The standard InChI is InChI=1S/C17H24N2O2/c1-7-15(4)10-11-17(6,19(15)21)13-12-16(5)9-8-14(2,3)18(16)20/h1H,8-11H2,2-6H3. The predicted octanol–water partition coefficient (Wildman–Crippen LogP) is 2.56. The molecule has 0 saturated carbocycles. The molecule has 2 aliphatic rings. The maximum Gasteiger partial charge on any atom is 0.109 e. The van der Waals surface area contributed by atoms with Crippen LogP contribution in [0.3, 0.4) is 0 Å². The topological polar surface area (TPSA) is 46.3 Å². The van der Waals surface area contributed by atoms with E-state index in [4.69, 9.17) is 6.42 Å². The Morgan fingerprint density at radius 2 is 1.19 bits per heavy atom. The van der Waals surface area contributed by atoms with E-state index in [-0.39, 0.29) is 0 Å². The minimum Gasteiger partial charge on any atom is -0.132 e. The second kappa shape index (κ2) is 4.73. The Hall–Kier alpha value is -1.04. The van der Waals surface area contributed by atoms with Crippen LogP contribution in [0.25, 0.3) is 0 Å². The van der Waals surface area contributed by atoms with Gasteiger partial charge >= 0.3 is 0 Å². The Bertz CT molecular complexity index is 541. The van der Waals surface area contributed by atoms with Gasteiger partial charge in [0.25, 0.3) is 0 Å². The molecular weight excluding hydrogens is 264 g/mol. The molecule has 0 aromatic carbocycles. The van der Waals surface area contributed by atoms with Gasteiger partial charge in [-0.25, -0.2) is 0 Å². The van der Waals surface area contributed by atoms with Crippen LogP contribution in [-0.2, 0) is 10.4 Å². The first-order valence-corrected chi connectivity index (χ1v) is 7.46. The molecule has 4 heteroatoms. The van der Waals surface area contributed by atoms with E-state index in [1.54, 1.807) is 6.92 Å². The van der Waals surface area contributed by atoms with Crippen molar-refractivity contribution in [3.8, 4) is 24.2 Å². The summed E-state index contributed by atoms with van der Waals surface area (Å²) >= 11 is 0. The fourth-order valence-electron chi connectivity index (χ4n) is 3.28. The van der Waals surface area contributed by atoms with Crippen LogP contribution in [0.1, 0.15) is 60.3 Å². The van der Waals surface area contributed by atoms with Crippen LogP contribution in [0.5, 0.6) is 0 Å². The van der Waals surface area contributed by atoms with Crippen LogP contribution in [0.15, 0.2) is 0 Å². The molecule has 0 spiro atoms. The molecule has 2 aliphatic heterocycles. The van der Waals surface area contributed by atoms with Crippen LogP contribution in [0.2, 0.25) is 0 Å². The number of hydrogen-bond acceptors (Lipinski definition) is 2. The summed E-state index contributed by atoms with van der Waals surface area (Å²) in [6.45, 7) is 9.30. The molecule has 2 radical (unpaired) electrons. The molecule has 0 aromatic heterocycles. The van der Waals surface area contributed by atoms with Crippen molar-refractivity contribution < 1.29 is 10.4 Å². The minimum atomic E-state index is -0.808. The zero-order chi connectivity index (χ0) is 16.1. The van der Waals surface area contributed by atoms with Gasteiger partial charge in [-0.05, 0) is 60.3 Å². The lowest BCUT2D eigenvalue weighted by molar-refractivity contribution is -0.235. The molecule has 0 amide bonds. The Labute approximate surface area is 128 Å². The van der Waals surface area contributed by atoms with Gasteiger partial charge in [0.1, 0.15) is 16.6 Å². The van der Waals surface area contributed by atoms with E-state index in [2.05, 4.69) is 17.8 Å². The number of rotatable bonds is 0. The molecule has 0 bridgehead atoms. The lowest BCUT2D eigenvalue weighted by atomic mass is 9.95. The number of hydrogen-bond donors (Lipinski definition) is 0. The van der Waals surface area contributed by atoms with Crippen molar-refractivity contribution in [2.24, 2.45) is 0 Å². The second-order valence-corrected chi connectivity index (χ2v) is 7.62. The molecule has 0 aliphatic carbocycles. The van der Waals surface area contributed by atoms with Gasteiger partial charge in [-0.15, -0.1) is 27.0 Å². The molecule has 2 fully saturated rings. The van der Waals surface area contributed by atoms with Crippen molar-refractivity contribution in [2.75, 3.05) is 0 Å². The first-order valence-electron chi connectivity index (χ1n) is 7.46. The lowest BCUT2D eigenvalue weighted by Gasteiger charge is -2.32. The highest BCUT2D eigenvalue weighted by molar-refractivity contribution is 5.30. The normalized spacial score (nSPS) is 43.3. The maximum absolute atomic E-state index is 12.5. The van der Waals surface area contributed by atoms with Crippen molar-refractivity contribution in [1.82, 2.24) is 10.1 Å². The molecule has 0 aromatic rings. The van der Waals surface area contributed by atoms with E-state index in [0.717, 1.165) is 23.0 Å². The van der Waals surface area contributed by atoms with E-state index in [1.807, 2.05) is 27.7 Å². The Morgan fingerprint density at radius 3 is 1.57 bits per heavy atom. The average molecular weight is 288 g/mol. The fourth-order valence-corrected chi connectivity index (χ4v) is 3.28. The minimum absolute atomic E-state index is 0.398. The lowest BCUT2D eigenvalue weighted by Crippen LogP contribution is -2.48. The van der Waals surface area contributed by atoms with Gasteiger partial charge < -0.3 is 0 Å². The van der Waals surface area contributed by atoms with E-state index >= 15 is 0 Å². The van der Waals surface area contributed by atoms with E-state index in [1.165, 1.54) is 0 Å². The number of nitrogens with zero attached hydrogens (tertiary/aromatic N) is 2. The zero-order valence-electron chi connectivity index (χ0n) is 13.6. The van der Waals surface area contributed by atoms with Crippen LogP contribution >= 0.6 is 0 Å².